The highest BCUT2D eigenvalue weighted by atomic mass is 16.4. The molecule has 4 amide bonds. The van der Waals surface area contributed by atoms with Gasteiger partial charge in [-0.3, -0.25) is 24.0 Å². The van der Waals surface area contributed by atoms with Crippen LogP contribution in [-0.2, 0) is 28.8 Å². The first-order valence-electron chi connectivity index (χ1n) is 11.1. The van der Waals surface area contributed by atoms with Crippen molar-refractivity contribution in [1.82, 2.24) is 16.0 Å². The first-order chi connectivity index (χ1) is 15.7. The van der Waals surface area contributed by atoms with Gasteiger partial charge in [-0.05, 0) is 24.7 Å². The van der Waals surface area contributed by atoms with Crippen molar-refractivity contribution >= 4 is 35.6 Å². The van der Waals surface area contributed by atoms with Gasteiger partial charge in [0.05, 0.1) is 12.5 Å². The minimum Gasteiger partial charge on any atom is -0.481 e. The number of nitrogens with two attached hydrogens (primary N) is 2. The number of hydrogen-bond donors (Lipinski definition) is 7. The summed E-state index contributed by atoms with van der Waals surface area (Å²) < 4.78 is 0. The molecular weight excluding hydrogens is 450 g/mol. The number of carboxylic acid groups (broad SMARTS) is 2. The summed E-state index contributed by atoms with van der Waals surface area (Å²) in [7, 11) is 0. The lowest BCUT2D eigenvalue weighted by atomic mass is 9.96. The number of carboxylic acids is 2. The van der Waals surface area contributed by atoms with Crippen molar-refractivity contribution in [2.45, 2.75) is 84.0 Å². The third-order valence-corrected chi connectivity index (χ3v) is 5.17. The number of nitrogens with one attached hydrogen (secondary N) is 3. The van der Waals surface area contributed by atoms with Crippen LogP contribution < -0.4 is 27.4 Å². The van der Waals surface area contributed by atoms with Crippen molar-refractivity contribution in [3.8, 4) is 0 Å². The van der Waals surface area contributed by atoms with Crippen molar-refractivity contribution in [1.29, 1.82) is 0 Å². The van der Waals surface area contributed by atoms with E-state index in [-0.39, 0.29) is 31.1 Å². The quantitative estimate of drug-likeness (QED) is 0.137. The number of rotatable bonds is 16. The predicted molar refractivity (Wildman–Crippen MR) is 121 cm³/mol. The van der Waals surface area contributed by atoms with Crippen LogP contribution in [0.4, 0.5) is 0 Å². The molecule has 0 radical (unpaired) electrons. The standard InChI is InChI=1S/C21H37N5O8/c1-5-11(4)17(26-18(30)12(22)6-7-15(23)27)20(32)24-13(8-10(2)3)19(31)25-14(21(33)34)9-16(28)29/h10-14,17H,5-9,22H2,1-4H3,(H2,23,27)(H,24,32)(H,25,31)(H,26,30)(H,28,29)(H,33,34). The maximum Gasteiger partial charge on any atom is 0.326 e. The van der Waals surface area contributed by atoms with E-state index in [0.29, 0.717) is 6.42 Å². The normalized spacial score (nSPS) is 15.4. The fourth-order valence-electron chi connectivity index (χ4n) is 3.00. The van der Waals surface area contributed by atoms with Crippen molar-refractivity contribution in [3.05, 3.63) is 0 Å². The molecular formula is C21H37N5O8. The van der Waals surface area contributed by atoms with E-state index in [0.717, 1.165) is 0 Å². The number of primary amides is 1. The molecule has 0 saturated heterocycles. The van der Waals surface area contributed by atoms with Gasteiger partial charge in [-0.15, -0.1) is 0 Å². The van der Waals surface area contributed by atoms with Gasteiger partial charge in [0.25, 0.3) is 0 Å². The molecule has 0 aromatic heterocycles. The van der Waals surface area contributed by atoms with Crippen LogP contribution in [0, 0.1) is 11.8 Å². The zero-order valence-corrected chi connectivity index (χ0v) is 20.0. The number of carbonyl (C=O) groups excluding carboxylic acids is 4. The van der Waals surface area contributed by atoms with Gasteiger partial charge in [0.1, 0.15) is 18.1 Å². The van der Waals surface area contributed by atoms with Gasteiger partial charge in [-0.2, -0.15) is 0 Å². The van der Waals surface area contributed by atoms with Crippen LogP contribution in [0.15, 0.2) is 0 Å². The first-order valence-corrected chi connectivity index (χ1v) is 11.1. The lowest BCUT2D eigenvalue weighted by molar-refractivity contribution is -0.147. The minimum atomic E-state index is -1.68. The molecule has 13 nitrogen and oxygen atoms in total. The van der Waals surface area contributed by atoms with Crippen molar-refractivity contribution in [3.63, 3.8) is 0 Å². The Balaban J connectivity index is 5.55. The Bertz CT molecular complexity index is 757. The molecule has 0 spiro atoms. The Hall–Kier alpha value is -3.22. The van der Waals surface area contributed by atoms with Gasteiger partial charge in [-0.1, -0.05) is 34.1 Å². The first kappa shape index (κ1) is 30.8. The molecule has 0 rings (SSSR count). The molecule has 34 heavy (non-hydrogen) atoms. The Labute approximate surface area is 198 Å². The van der Waals surface area contributed by atoms with Crippen LogP contribution in [0.1, 0.15) is 59.8 Å². The highest BCUT2D eigenvalue weighted by Crippen LogP contribution is 2.12. The van der Waals surface area contributed by atoms with E-state index < -0.39 is 66.2 Å². The molecule has 0 aromatic carbocycles. The van der Waals surface area contributed by atoms with Crippen LogP contribution in [-0.4, -0.2) is 69.9 Å². The average molecular weight is 488 g/mol. The summed E-state index contributed by atoms with van der Waals surface area (Å²) in [6, 6.07) is -4.98. The smallest absolute Gasteiger partial charge is 0.326 e. The number of amides is 4. The lowest BCUT2D eigenvalue weighted by Gasteiger charge is -2.28. The van der Waals surface area contributed by atoms with Crippen LogP contribution in [0.25, 0.3) is 0 Å². The Morgan fingerprint density at radius 1 is 0.853 bits per heavy atom. The third kappa shape index (κ3) is 11.6. The maximum absolute atomic E-state index is 13.0. The molecule has 0 aromatic rings. The molecule has 0 aliphatic heterocycles. The van der Waals surface area contributed by atoms with E-state index in [4.69, 9.17) is 16.6 Å². The topological polar surface area (TPSA) is 231 Å². The summed E-state index contributed by atoms with van der Waals surface area (Å²) in [5.41, 5.74) is 10.8. The molecule has 0 heterocycles. The molecule has 0 aliphatic rings. The minimum absolute atomic E-state index is 0.00541. The molecule has 0 aliphatic carbocycles. The fraction of sp³-hybridized carbons (Fsp3) is 0.714. The van der Waals surface area contributed by atoms with E-state index in [2.05, 4.69) is 16.0 Å². The summed E-state index contributed by atoms with van der Waals surface area (Å²) in [5, 5.41) is 25.3. The molecule has 0 bridgehead atoms. The van der Waals surface area contributed by atoms with E-state index in [1.807, 2.05) is 0 Å². The summed E-state index contributed by atoms with van der Waals surface area (Å²) >= 11 is 0. The Kier molecular flexibility index (Phi) is 13.4. The van der Waals surface area contributed by atoms with Crippen molar-refractivity contribution in [2.75, 3.05) is 0 Å². The van der Waals surface area contributed by atoms with Gasteiger partial charge >= 0.3 is 11.9 Å². The number of hydrogen-bond acceptors (Lipinski definition) is 7. The molecule has 5 unspecified atom stereocenters. The van der Waals surface area contributed by atoms with Gasteiger partial charge in [-0.25, -0.2) is 4.79 Å². The third-order valence-electron chi connectivity index (χ3n) is 5.17. The van der Waals surface area contributed by atoms with E-state index in [1.165, 1.54) is 0 Å². The zero-order chi connectivity index (χ0) is 26.6. The van der Waals surface area contributed by atoms with Gasteiger partial charge in [0.2, 0.25) is 23.6 Å². The zero-order valence-electron chi connectivity index (χ0n) is 20.0. The molecule has 0 saturated carbocycles. The number of carbonyl (C=O) groups is 6. The summed E-state index contributed by atoms with van der Waals surface area (Å²) in [4.78, 5) is 71.3. The molecule has 9 N–H and O–H groups in total. The van der Waals surface area contributed by atoms with E-state index in [9.17, 15) is 33.9 Å². The van der Waals surface area contributed by atoms with Gasteiger partial charge in [0.15, 0.2) is 0 Å². The number of aliphatic carboxylic acids is 2. The monoisotopic (exact) mass is 487 g/mol. The maximum atomic E-state index is 13.0. The van der Waals surface area contributed by atoms with Crippen LogP contribution >= 0.6 is 0 Å². The summed E-state index contributed by atoms with van der Waals surface area (Å²) in [6.07, 6.45) is -0.314. The largest absolute Gasteiger partial charge is 0.481 e. The molecule has 194 valence electrons. The van der Waals surface area contributed by atoms with Crippen LogP contribution in [0.3, 0.4) is 0 Å². The van der Waals surface area contributed by atoms with Gasteiger partial charge in [0, 0.05) is 6.42 Å². The highest BCUT2D eigenvalue weighted by Gasteiger charge is 2.33. The average Bonchev–Trinajstić information content (AvgIpc) is 2.72. The second-order valence-electron chi connectivity index (χ2n) is 8.67. The highest BCUT2D eigenvalue weighted by molar-refractivity contribution is 5.94. The molecule has 13 heteroatoms. The van der Waals surface area contributed by atoms with Crippen LogP contribution in [0.5, 0.6) is 0 Å². The molecule has 5 atom stereocenters. The van der Waals surface area contributed by atoms with Crippen molar-refractivity contribution < 1.29 is 39.0 Å². The Morgan fingerprint density at radius 3 is 1.85 bits per heavy atom. The summed E-state index contributed by atoms with van der Waals surface area (Å²) in [6.45, 7) is 7.07. The fourth-order valence-corrected chi connectivity index (χ4v) is 3.00. The lowest BCUT2D eigenvalue weighted by Crippen LogP contribution is -2.59. The molecule has 0 fully saturated rings. The summed E-state index contributed by atoms with van der Waals surface area (Å²) in [5.74, 6) is -6.21. The SMILES string of the molecule is CCC(C)C(NC(=O)C(N)CCC(N)=O)C(=O)NC(CC(C)C)C(=O)NC(CC(=O)O)C(=O)O. The second kappa shape index (κ2) is 14.8. The predicted octanol–water partition coefficient (Wildman–Crippen LogP) is -1.31. The van der Waals surface area contributed by atoms with Gasteiger partial charge < -0.3 is 37.6 Å². The Morgan fingerprint density at radius 2 is 1.41 bits per heavy atom. The van der Waals surface area contributed by atoms with E-state index >= 15 is 0 Å². The van der Waals surface area contributed by atoms with Crippen LogP contribution in [0.2, 0.25) is 0 Å². The van der Waals surface area contributed by atoms with Crippen molar-refractivity contribution in [2.24, 2.45) is 23.3 Å². The second-order valence-corrected chi connectivity index (χ2v) is 8.67. The van der Waals surface area contributed by atoms with E-state index in [1.54, 1.807) is 27.7 Å².